The largest absolute Gasteiger partial charge is 0.508 e. The minimum Gasteiger partial charge on any atom is -0.508 e. The third-order valence-corrected chi connectivity index (χ3v) is 13.6. The number of aromatic hydroxyl groups is 3. The standard InChI is InChI=1S/C49H50N8O8/c1-7-32-34-19-31(58)10-11-39(34)50-44-36(32)24-56-27(5)37-25-64-46(61)49(8-2,38(37)21-41(44)56)65-48(63)55-15-13-54(14-16-55)23-30-18-28-17-29(9-12-40(28)53(30)6)57-45(51-52-47(57)62)35-20-33(26(3)4)42(59)22-43(35)60/h9-12,17-22,26,58-60H,5,7-8,13-16,23-25H2,1-4,6H3,(H,52,62). The second-order valence-corrected chi connectivity index (χ2v) is 17.5. The van der Waals surface area contributed by atoms with Gasteiger partial charge >= 0.3 is 17.8 Å². The molecule has 1 saturated heterocycles. The maximum absolute atomic E-state index is 14.1. The molecule has 65 heavy (non-hydrogen) atoms. The van der Waals surface area contributed by atoms with E-state index >= 15 is 0 Å². The summed E-state index contributed by atoms with van der Waals surface area (Å²) in [5.74, 6) is -0.487. The summed E-state index contributed by atoms with van der Waals surface area (Å²) in [4.78, 5) is 52.1. The normalized spacial score (nSPS) is 18.6. The van der Waals surface area contributed by atoms with Crippen LogP contribution >= 0.6 is 0 Å². The number of amides is 1. The van der Waals surface area contributed by atoms with Crippen LogP contribution in [0.25, 0.3) is 44.6 Å². The Labute approximate surface area is 373 Å². The number of benzene rings is 3. The van der Waals surface area contributed by atoms with Crippen LogP contribution in [0.2, 0.25) is 0 Å². The Hall–Kier alpha value is -7.33. The molecule has 3 aromatic carbocycles. The van der Waals surface area contributed by atoms with Crippen molar-refractivity contribution in [1.29, 1.82) is 0 Å². The summed E-state index contributed by atoms with van der Waals surface area (Å²) in [6.45, 7) is 15.2. The highest BCUT2D eigenvalue weighted by atomic mass is 16.6. The Morgan fingerprint density at radius 2 is 1.78 bits per heavy atom. The first-order chi connectivity index (χ1) is 31.2. The fourth-order valence-corrected chi connectivity index (χ4v) is 10.0. The molecule has 6 aromatic rings. The van der Waals surface area contributed by atoms with Crippen LogP contribution in [0.3, 0.4) is 0 Å². The van der Waals surface area contributed by atoms with Crippen molar-refractivity contribution in [2.24, 2.45) is 7.05 Å². The van der Waals surface area contributed by atoms with E-state index in [4.69, 9.17) is 14.5 Å². The number of ether oxygens (including phenoxy) is 2. The average molecular weight is 879 g/mol. The highest BCUT2D eigenvalue weighted by molar-refractivity contribution is 5.94. The van der Waals surface area contributed by atoms with Gasteiger partial charge in [-0.2, -0.15) is 5.10 Å². The number of hydrogen-bond acceptors (Lipinski definition) is 12. The van der Waals surface area contributed by atoms with E-state index in [0.29, 0.717) is 72.9 Å². The molecule has 1 atom stereocenters. The van der Waals surface area contributed by atoms with Crippen molar-refractivity contribution in [3.63, 3.8) is 0 Å². The number of aryl methyl sites for hydroxylation is 2. The highest BCUT2D eigenvalue weighted by Gasteiger charge is 2.53. The molecule has 0 aliphatic carbocycles. The number of esters is 1. The van der Waals surface area contributed by atoms with Crippen LogP contribution < -0.4 is 5.69 Å². The lowest BCUT2D eigenvalue weighted by molar-refractivity contribution is -0.164. The number of pyridine rings is 1. The SMILES string of the molecule is C=C1C2=C(C=C3c4nc5ccc(O)cc5c(CC)c4CN13)C(CC)(OC(=O)N1CCN(Cc3cc4cc(-n5c(-c6cc(C(C)C)c(O)cc6O)n[nH]c5=O)ccc4n3C)CC1)C(=O)OC2. The van der Waals surface area contributed by atoms with E-state index in [9.17, 15) is 29.7 Å². The molecule has 3 aromatic heterocycles. The van der Waals surface area contributed by atoms with Crippen LogP contribution in [-0.4, -0.2) is 105 Å². The molecule has 1 unspecified atom stereocenters. The maximum atomic E-state index is 14.1. The van der Waals surface area contributed by atoms with Gasteiger partial charge in [-0.1, -0.05) is 34.3 Å². The number of fused-ring (bicyclic) bond motifs is 5. The van der Waals surface area contributed by atoms with Crippen LogP contribution in [0, 0.1) is 0 Å². The lowest BCUT2D eigenvalue weighted by atomic mass is 9.81. The van der Waals surface area contributed by atoms with Crippen LogP contribution in [0.15, 0.2) is 88.9 Å². The van der Waals surface area contributed by atoms with Crippen molar-refractivity contribution in [2.75, 3.05) is 32.8 Å². The monoisotopic (exact) mass is 878 g/mol. The smallest absolute Gasteiger partial charge is 0.411 e. The molecule has 10 rings (SSSR count). The number of aromatic nitrogens is 5. The van der Waals surface area contributed by atoms with Crippen molar-refractivity contribution < 1.29 is 34.4 Å². The molecule has 0 radical (unpaired) electrons. The van der Waals surface area contributed by atoms with Gasteiger partial charge in [0.2, 0.25) is 5.60 Å². The van der Waals surface area contributed by atoms with Gasteiger partial charge in [-0.25, -0.2) is 29.0 Å². The molecular weight excluding hydrogens is 829 g/mol. The van der Waals surface area contributed by atoms with Crippen LogP contribution in [0.1, 0.15) is 68.1 Å². The summed E-state index contributed by atoms with van der Waals surface area (Å²) in [6, 6.07) is 15.9. The first-order valence-electron chi connectivity index (χ1n) is 22.0. The second-order valence-electron chi connectivity index (χ2n) is 17.5. The summed E-state index contributed by atoms with van der Waals surface area (Å²) < 4.78 is 15.6. The van der Waals surface area contributed by atoms with Gasteiger partial charge in [-0.05, 0) is 84.5 Å². The number of phenols is 3. The zero-order valence-corrected chi connectivity index (χ0v) is 36.9. The maximum Gasteiger partial charge on any atom is 0.411 e. The zero-order valence-electron chi connectivity index (χ0n) is 36.9. The van der Waals surface area contributed by atoms with Gasteiger partial charge in [-0.3, -0.25) is 4.90 Å². The van der Waals surface area contributed by atoms with E-state index in [2.05, 4.69) is 44.1 Å². The number of nitrogens with one attached hydrogen (secondary N) is 1. The van der Waals surface area contributed by atoms with Crippen LogP contribution in [0.5, 0.6) is 17.2 Å². The van der Waals surface area contributed by atoms with Gasteiger partial charge in [0, 0.05) is 90.2 Å². The third-order valence-electron chi connectivity index (χ3n) is 13.6. The van der Waals surface area contributed by atoms with Crippen LogP contribution in [0.4, 0.5) is 4.79 Å². The Morgan fingerprint density at radius 3 is 2.52 bits per heavy atom. The Morgan fingerprint density at radius 1 is 1.00 bits per heavy atom. The van der Waals surface area contributed by atoms with Crippen LogP contribution in [-0.2, 0) is 40.8 Å². The minimum absolute atomic E-state index is 0.00738. The third kappa shape index (κ3) is 6.56. The number of rotatable bonds is 8. The average Bonchev–Trinajstić information content (AvgIpc) is 3.95. The second kappa shape index (κ2) is 15.4. The molecule has 1 fully saturated rings. The van der Waals surface area contributed by atoms with Crippen molar-refractivity contribution in [3.05, 3.63) is 123 Å². The van der Waals surface area contributed by atoms with Crippen molar-refractivity contribution >= 4 is 39.6 Å². The highest BCUT2D eigenvalue weighted by Crippen LogP contribution is 2.49. The summed E-state index contributed by atoms with van der Waals surface area (Å²) in [7, 11) is 1.99. The molecule has 4 N–H and O–H groups in total. The fraction of sp³-hybridized carbons (Fsp3) is 0.327. The molecule has 1 amide bonds. The predicted octanol–water partition coefficient (Wildman–Crippen LogP) is 6.71. The number of H-pyrrole nitrogens is 1. The number of carbonyl (C=O) groups excluding carboxylic acids is 2. The number of hydrogen-bond donors (Lipinski definition) is 4. The van der Waals surface area contributed by atoms with Gasteiger partial charge in [0.15, 0.2) is 5.82 Å². The fourth-order valence-electron chi connectivity index (χ4n) is 10.0. The molecule has 16 nitrogen and oxygen atoms in total. The van der Waals surface area contributed by atoms with E-state index in [1.54, 1.807) is 23.1 Å². The van der Waals surface area contributed by atoms with Gasteiger partial charge in [0.25, 0.3) is 0 Å². The van der Waals surface area contributed by atoms with Gasteiger partial charge in [-0.15, -0.1) is 0 Å². The lowest BCUT2D eigenvalue weighted by Gasteiger charge is -2.42. The number of phenolic OH excluding ortho intramolecular Hbond substituents is 3. The van der Waals surface area contributed by atoms with Crippen molar-refractivity contribution in [2.45, 2.75) is 65.1 Å². The minimum atomic E-state index is -1.69. The topological polar surface area (TPSA) is 192 Å². The van der Waals surface area contributed by atoms with E-state index in [-0.39, 0.29) is 42.0 Å². The molecular formula is C49H50N8O8. The molecule has 0 bridgehead atoms. The first kappa shape index (κ1) is 41.7. The zero-order chi connectivity index (χ0) is 45.6. The molecule has 0 spiro atoms. The Bertz CT molecular complexity index is 3150. The van der Waals surface area contributed by atoms with E-state index in [0.717, 1.165) is 56.4 Å². The Balaban J connectivity index is 0.863. The van der Waals surface area contributed by atoms with E-state index < -0.39 is 23.4 Å². The molecule has 334 valence electrons. The molecule has 0 saturated carbocycles. The Kier molecular flexibility index (Phi) is 9.89. The summed E-state index contributed by atoms with van der Waals surface area (Å²) in [5.41, 5.74) is 7.68. The number of aromatic amines is 1. The van der Waals surface area contributed by atoms with E-state index in [1.165, 1.54) is 10.6 Å². The molecule has 4 aliphatic rings. The number of nitrogens with zero attached hydrogens (tertiary/aromatic N) is 7. The summed E-state index contributed by atoms with van der Waals surface area (Å²) >= 11 is 0. The van der Waals surface area contributed by atoms with E-state index in [1.807, 2.05) is 58.2 Å². The quantitative estimate of drug-likeness (QED) is 0.118. The lowest BCUT2D eigenvalue weighted by Crippen LogP contribution is -2.55. The van der Waals surface area contributed by atoms with Gasteiger partial charge < -0.3 is 39.2 Å². The molecule has 16 heteroatoms. The number of piperazine rings is 1. The van der Waals surface area contributed by atoms with Crippen molar-refractivity contribution in [3.8, 4) is 34.3 Å². The summed E-state index contributed by atoms with van der Waals surface area (Å²) in [6.07, 6.45) is 2.21. The molecule has 4 aliphatic heterocycles. The number of carbonyl (C=O) groups is 2. The molecule has 7 heterocycles. The predicted molar refractivity (Wildman–Crippen MR) is 243 cm³/mol. The van der Waals surface area contributed by atoms with Gasteiger partial charge in [0.1, 0.15) is 23.9 Å². The number of cyclic esters (lactones) is 1. The van der Waals surface area contributed by atoms with Crippen molar-refractivity contribution in [1.82, 2.24) is 39.0 Å². The summed E-state index contributed by atoms with van der Waals surface area (Å²) in [5, 5.41) is 40.1. The first-order valence-corrected chi connectivity index (χ1v) is 22.0. The van der Waals surface area contributed by atoms with Gasteiger partial charge in [0.05, 0.1) is 34.7 Å².